The van der Waals surface area contributed by atoms with Gasteiger partial charge in [-0.1, -0.05) is 73.7 Å². The third-order valence-electron chi connectivity index (χ3n) is 3.90. The topological polar surface area (TPSA) is 47.6 Å². The summed E-state index contributed by atoms with van der Waals surface area (Å²) in [5.41, 5.74) is 1.16. The Bertz CT molecular complexity index is 795. The minimum atomic E-state index is -3.59. The van der Waals surface area contributed by atoms with Gasteiger partial charge in [-0.3, -0.25) is 0 Å². The molecule has 0 radical (unpaired) electrons. The van der Waals surface area contributed by atoms with E-state index in [2.05, 4.69) is 12.0 Å². The van der Waals surface area contributed by atoms with Crippen molar-refractivity contribution in [2.75, 3.05) is 6.54 Å². The van der Waals surface area contributed by atoms with Gasteiger partial charge in [0.25, 0.3) is 0 Å². The molecular formula is C21H22NO3P. The molecule has 0 aliphatic heterocycles. The van der Waals surface area contributed by atoms with Crippen LogP contribution in [0.25, 0.3) is 0 Å². The second kappa shape index (κ2) is 8.70. The summed E-state index contributed by atoms with van der Waals surface area (Å²) in [5.74, 6) is 1.14. The highest BCUT2D eigenvalue weighted by Crippen LogP contribution is 2.45. The van der Waals surface area contributed by atoms with Gasteiger partial charge >= 0.3 is 7.75 Å². The standard InChI is InChI=1S/C21H22NO3P/c1-18(19-11-5-2-6-12-19)17-22-26(23,24-20-13-7-3-8-14-20)25-21-15-9-4-10-16-21/h2-16,18H,17H2,1H3,(H,22,23). The summed E-state index contributed by atoms with van der Waals surface area (Å²) in [5, 5.41) is 3.00. The van der Waals surface area contributed by atoms with E-state index in [0.717, 1.165) is 5.56 Å². The second-order valence-corrected chi connectivity index (χ2v) is 7.66. The quantitative estimate of drug-likeness (QED) is 0.523. The van der Waals surface area contributed by atoms with Crippen LogP contribution in [0.3, 0.4) is 0 Å². The summed E-state index contributed by atoms with van der Waals surface area (Å²) >= 11 is 0. The molecule has 0 bridgehead atoms. The Balaban J connectivity index is 1.75. The summed E-state index contributed by atoms with van der Waals surface area (Å²) in [6.07, 6.45) is 0. The zero-order chi connectivity index (χ0) is 18.2. The molecule has 5 heteroatoms. The fraction of sp³-hybridized carbons (Fsp3) is 0.143. The van der Waals surface area contributed by atoms with Gasteiger partial charge in [0.15, 0.2) is 0 Å². The van der Waals surface area contributed by atoms with Crippen molar-refractivity contribution in [3.63, 3.8) is 0 Å². The van der Waals surface area contributed by atoms with Crippen molar-refractivity contribution in [3.05, 3.63) is 96.6 Å². The molecule has 1 unspecified atom stereocenters. The molecule has 3 rings (SSSR count). The molecule has 3 aromatic carbocycles. The number of hydrogen-bond donors (Lipinski definition) is 1. The molecule has 0 heterocycles. The smallest absolute Gasteiger partial charge is 0.405 e. The lowest BCUT2D eigenvalue weighted by atomic mass is 10.0. The van der Waals surface area contributed by atoms with Crippen LogP contribution in [0.5, 0.6) is 11.5 Å². The van der Waals surface area contributed by atoms with Crippen LogP contribution in [-0.4, -0.2) is 6.54 Å². The maximum absolute atomic E-state index is 13.3. The van der Waals surface area contributed by atoms with Gasteiger partial charge in [0, 0.05) is 6.54 Å². The van der Waals surface area contributed by atoms with Crippen molar-refractivity contribution in [3.8, 4) is 11.5 Å². The Morgan fingerprint density at radius 1 is 0.769 bits per heavy atom. The first-order valence-electron chi connectivity index (χ1n) is 8.54. The van der Waals surface area contributed by atoms with Crippen LogP contribution in [0.1, 0.15) is 18.4 Å². The number of hydrogen-bond acceptors (Lipinski definition) is 3. The Labute approximate surface area is 154 Å². The van der Waals surface area contributed by atoms with E-state index in [1.54, 1.807) is 24.3 Å². The summed E-state index contributed by atoms with van der Waals surface area (Å²) in [7, 11) is -3.59. The van der Waals surface area contributed by atoms with E-state index in [9.17, 15) is 4.57 Å². The van der Waals surface area contributed by atoms with E-state index < -0.39 is 7.75 Å². The number of nitrogens with one attached hydrogen (secondary N) is 1. The highest BCUT2D eigenvalue weighted by molar-refractivity contribution is 7.52. The van der Waals surface area contributed by atoms with Crippen molar-refractivity contribution in [2.24, 2.45) is 0 Å². The lowest BCUT2D eigenvalue weighted by Gasteiger charge is -2.22. The largest absolute Gasteiger partial charge is 0.512 e. The Morgan fingerprint density at radius 3 is 1.65 bits per heavy atom. The van der Waals surface area contributed by atoms with Crippen LogP contribution in [0, 0.1) is 0 Å². The zero-order valence-corrected chi connectivity index (χ0v) is 15.5. The van der Waals surface area contributed by atoms with Gasteiger partial charge in [0.1, 0.15) is 11.5 Å². The van der Waals surface area contributed by atoms with Crippen LogP contribution in [-0.2, 0) is 4.57 Å². The van der Waals surface area contributed by atoms with Crippen molar-refractivity contribution in [1.29, 1.82) is 0 Å². The molecule has 4 nitrogen and oxygen atoms in total. The van der Waals surface area contributed by atoms with Crippen LogP contribution in [0.4, 0.5) is 0 Å². The minimum Gasteiger partial charge on any atom is -0.405 e. The Hall–Kier alpha value is -2.55. The summed E-state index contributed by atoms with van der Waals surface area (Å²) in [4.78, 5) is 0. The molecule has 0 aromatic heterocycles. The molecule has 0 spiro atoms. The molecular weight excluding hydrogens is 345 g/mol. The monoisotopic (exact) mass is 367 g/mol. The molecule has 0 saturated heterocycles. The van der Waals surface area contributed by atoms with Crippen LogP contribution in [0.15, 0.2) is 91.0 Å². The minimum absolute atomic E-state index is 0.156. The van der Waals surface area contributed by atoms with Gasteiger partial charge in [-0.25, -0.2) is 9.65 Å². The van der Waals surface area contributed by atoms with Crippen molar-refractivity contribution < 1.29 is 13.6 Å². The highest BCUT2D eigenvalue weighted by atomic mass is 31.2. The Morgan fingerprint density at radius 2 is 1.19 bits per heavy atom. The third kappa shape index (κ3) is 5.22. The average molecular weight is 367 g/mol. The van der Waals surface area contributed by atoms with E-state index in [4.69, 9.17) is 9.05 Å². The molecule has 1 atom stereocenters. The van der Waals surface area contributed by atoms with Gasteiger partial charge in [-0.15, -0.1) is 0 Å². The van der Waals surface area contributed by atoms with E-state index in [0.29, 0.717) is 18.0 Å². The SMILES string of the molecule is CC(CNP(=O)(Oc1ccccc1)Oc1ccccc1)c1ccccc1. The van der Waals surface area contributed by atoms with Gasteiger partial charge in [0.2, 0.25) is 0 Å². The molecule has 0 fully saturated rings. The first-order chi connectivity index (χ1) is 12.6. The van der Waals surface area contributed by atoms with E-state index in [1.165, 1.54) is 0 Å². The van der Waals surface area contributed by atoms with E-state index in [-0.39, 0.29) is 5.92 Å². The lowest BCUT2D eigenvalue weighted by Crippen LogP contribution is -2.23. The molecule has 3 aromatic rings. The molecule has 0 aliphatic carbocycles. The van der Waals surface area contributed by atoms with Gasteiger partial charge in [0.05, 0.1) is 0 Å². The summed E-state index contributed by atoms with van der Waals surface area (Å²) in [6.45, 7) is 2.53. The fourth-order valence-corrected chi connectivity index (χ4v) is 3.93. The van der Waals surface area contributed by atoms with Gasteiger partial charge < -0.3 is 9.05 Å². The predicted molar refractivity (Wildman–Crippen MR) is 105 cm³/mol. The summed E-state index contributed by atoms with van der Waals surface area (Å²) in [6, 6.07) is 28.1. The first-order valence-corrected chi connectivity index (χ1v) is 10.1. The van der Waals surface area contributed by atoms with Crippen LogP contribution >= 0.6 is 7.75 Å². The fourth-order valence-electron chi connectivity index (χ4n) is 2.47. The van der Waals surface area contributed by atoms with E-state index in [1.807, 2.05) is 66.7 Å². The first kappa shape index (κ1) is 18.2. The number of rotatable bonds is 8. The zero-order valence-electron chi connectivity index (χ0n) is 14.6. The number of para-hydroxylation sites is 2. The van der Waals surface area contributed by atoms with Gasteiger partial charge in [-0.05, 0) is 35.7 Å². The average Bonchev–Trinajstić information content (AvgIpc) is 2.68. The van der Waals surface area contributed by atoms with Crippen LogP contribution in [0.2, 0.25) is 0 Å². The molecule has 1 N–H and O–H groups in total. The second-order valence-electron chi connectivity index (χ2n) is 5.98. The molecule has 134 valence electrons. The molecule has 0 saturated carbocycles. The maximum Gasteiger partial charge on any atom is 0.512 e. The lowest BCUT2D eigenvalue weighted by molar-refractivity contribution is 0.369. The van der Waals surface area contributed by atoms with Crippen molar-refractivity contribution in [2.45, 2.75) is 12.8 Å². The molecule has 0 amide bonds. The van der Waals surface area contributed by atoms with Crippen molar-refractivity contribution in [1.82, 2.24) is 5.09 Å². The van der Waals surface area contributed by atoms with Crippen LogP contribution < -0.4 is 14.1 Å². The van der Waals surface area contributed by atoms with Crippen molar-refractivity contribution >= 4 is 7.75 Å². The van der Waals surface area contributed by atoms with E-state index >= 15 is 0 Å². The normalized spacial score (nSPS) is 12.3. The Kier molecular flexibility index (Phi) is 6.11. The predicted octanol–water partition coefficient (Wildman–Crippen LogP) is 5.65. The third-order valence-corrected chi connectivity index (χ3v) is 5.37. The highest BCUT2D eigenvalue weighted by Gasteiger charge is 2.29. The summed E-state index contributed by atoms with van der Waals surface area (Å²) < 4.78 is 24.8. The molecule has 26 heavy (non-hydrogen) atoms. The van der Waals surface area contributed by atoms with Gasteiger partial charge in [-0.2, -0.15) is 0 Å². The number of benzene rings is 3. The molecule has 0 aliphatic rings. The maximum atomic E-state index is 13.3.